The standard InChI is InChI=1S/C11H18N2O2/c12-7-3-4-8-13(9-11(14)15)10-5-1-2-6-10/h10H,1-6,8-9H2,(H,14,15). The number of nitriles is 1. The van der Waals surface area contributed by atoms with Gasteiger partial charge in [0.2, 0.25) is 0 Å². The predicted molar refractivity (Wildman–Crippen MR) is 56.3 cm³/mol. The van der Waals surface area contributed by atoms with Crippen molar-refractivity contribution in [1.82, 2.24) is 4.90 Å². The van der Waals surface area contributed by atoms with Crippen LogP contribution in [0.1, 0.15) is 38.5 Å². The minimum atomic E-state index is -0.765. The molecule has 15 heavy (non-hydrogen) atoms. The number of unbranched alkanes of at least 4 members (excludes halogenated alkanes) is 1. The van der Waals surface area contributed by atoms with Crippen LogP contribution in [0.25, 0.3) is 0 Å². The van der Waals surface area contributed by atoms with Crippen molar-refractivity contribution in [3.8, 4) is 6.07 Å². The highest BCUT2D eigenvalue weighted by atomic mass is 16.4. The number of hydrogen-bond acceptors (Lipinski definition) is 3. The molecule has 0 aromatic carbocycles. The lowest BCUT2D eigenvalue weighted by atomic mass is 10.2. The van der Waals surface area contributed by atoms with Gasteiger partial charge in [-0.25, -0.2) is 0 Å². The molecule has 84 valence electrons. The molecular formula is C11H18N2O2. The Morgan fingerprint density at radius 3 is 2.67 bits per heavy atom. The van der Waals surface area contributed by atoms with Gasteiger partial charge in [-0.05, 0) is 19.3 Å². The van der Waals surface area contributed by atoms with Gasteiger partial charge in [0.05, 0.1) is 12.6 Å². The van der Waals surface area contributed by atoms with Crippen molar-refractivity contribution in [2.24, 2.45) is 0 Å². The Morgan fingerprint density at radius 2 is 2.13 bits per heavy atom. The van der Waals surface area contributed by atoms with Gasteiger partial charge in [-0.2, -0.15) is 5.26 Å². The molecule has 4 nitrogen and oxygen atoms in total. The lowest BCUT2D eigenvalue weighted by molar-refractivity contribution is -0.138. The maximum atomic E-state index is 10.7. The smallest absolute Gasteiger partial charge is 0.317 e. The molecule has 0 saturated heterocycles. The summed E-state index contributed by atoms with van der Waals surface area (Å²) in [7, 11) is 0. The minimum Gasteiger partial charge on any atom is -0.480 e. The summed E-state index contributed by atoms with van der Waals surface area (Å²) >= 11 is 0. The zero-order valence-electron chi connectivity index (χ0n) is 8.98. The quantitative estimate of drug-likeness (QED) is 0.676. The first kappa shape index (κ1) is 12.0. The topological polar surface area (TPSA) is 64.3 Å². The molecule has 4 heteroatoms. The Hall–Kier alpha value is -1.08. The molecule has 0 radical (unpaired) electrons. The summed E-state index contributed by atoms with van der Waals surface area (Å²) in [5.41, 5.74) is 0. The van der Waals surface area contributed by atoms with Crippen molar-refractivity contribution < 1.29 is 9.90 Å². The Balaban J connectivity index is 2.37. The fraction of sp³-hybridized carbons (Fsp3) is 0.818. The van der Waals surface area contributed by atoms with Crippen molar-refractivity contribution in [3.63, 3.8) is 0 Å². The molecule has 0 aromatic heterocycles. The lowest BCUT2D eigenvalue weighted by Crippen LogP contribution is -2.38. The second-order valence-electron chi connectivity index (χ2n) is 4.06. The second-order valence-corrected chi connectivity index (χ2v) is 4.06. The molecule has 0 unspecified atom stereocenters. The highest BCUT2D eigenvalue weighted by Crippen LogP contribution is 2.23. The van der Waals surface area contributed by atoms with Crippen LogP contribution < -0.4 is 0 Å². The van der Waals surface area contributed by atoms with Crippen LogP contribution in [-0.2, 0) is 4.79 Å². The fourth-order valence-electron chi connectivity index (χ4n) is 2.20. The molecule has 1 N–H and O–H groups in total. The summed E-state index contributed by atoms with van der Waals surface area (Å²) in [6, 6.07) is 2.52. The number of rotatable bonds is 6. The molecule has 1 aliphatic rings. The van der Waals surface area contributed by atoms with Crippen molar-refractivity contribution >= 4 is 5.97 Å². The van der Waals surface area contributed by atoms with Crippen LogP contribution in [0.4, 0.5) is 0 Å². The first-order valence-corrected chi connectivity index (χ1v) is 5.57. The van der Waals surface area contributed by atoms with Crippen LogP contribution in [0.3, 0.4) is 0 Å². The molecule has 0 aromatic rings. The average Bonchev–Trinajstić information content (AvgIpc) is 2.68. The summed E-state index contributed by atoms with van der Waals surface area (Å²) in [5, 5.41) is 17.2. The molecule has 1 saturated carbocycles. The van der Waals surface area contributed by atoms with E-state index in [1.165, 1.54) is 12.8 Å². The van der Waals surface area contributed by atoms with E-state index in [1.54, 1.807) is 0 Å². The molecule has 1 fully saturated rings. The number of hydrogen-bond donors (Lipinski definition) is 1. The molecule has 0 heterocycles. The van der Waals surface area contributed by atoms with Crippen LogP contribution >= 0.6 is 0 Å². The molecule has 0 bridgehead atoms. The largest absolute Gasteiger partial charge is 0.480 e. The number of aliphatic carboxylic acids is 1. The van der Waals surface area contributed by atoms with Crippen LogP contribution in [0.15, 0.2) is 0 Å². The lowest BCUT2D eigenvalue weighted by Gasteiger charge is -2.26. The van der Waals surface area contributed by atoms with Gasteiger partial charge in [0, 0.05) is 19.0 Å². The summed E-state index contributed by atoms with van der Waals surface area (Å²) in [6.45, 7) is 0.862. The maximum Gasteiger partial charge on any atom is 0.317 e. The van der Waals surface area contributed by atoms with E-state index in [-0.39, 0.29) is 6.54 Å². The van der Waals surface area contributed by atoms with E-state index < -0.39 is 5.97 Å². The van der Waals surface area contributed by atoms with Crippen LogP contribution in [0.5, 0.6) is 0 Å². The molecule has 0 aliphatic heterocycles. The van der Waals surface area contributed by atoms with E-state index in [2.05, 4.69) is 6.07 Å². The van der Waals surface area contributed by atoms with Crippen molar-refractivity contribution in [3.05, 3.63) is 0 Å². The van der Waals surface area contributed by atoms with Gasteiger partial charge < -0.3 is 5.11 Å². The third kappa shape index (κ3) is 4.30. The summed E-state index contributed by atoms with van der Waals surface area (Å²) < 4.78 is 0. The monoisotopic (exact) mass is 210 g/mol. The van der Waals surface area contributed by atoms with Crippen LogP contribution in [0.2, 0.25) is 0 Å². The molecule has 0 amide bonds. The summed E-state index contributed by atoms with van der Waals surface area (Å²) in [4.78, 5) is 12.7. The van der Waals surface area contributed by atoms with Gasteiger partial charge in [0.15, 0.2) is 0 Å². The predicted octanol–water partition coefficient (Wildman–Crippen LogP) is 1.62. The number of nitrogens with zero attached hydrogens (tertiary/aromatic N) is 2. The Morgan fingerprint density at radius 1 is 1.47 bits per heavy atom. The van der Waals surface area contributed by atoms with Crippen molar-refractivity contribution in [1.29, 1.82) is 5.26 Å². The summed E-state index contributed by atoms with van der Waals surface area (Å²) in [6.07, 6.45) is 5.93. The third-order valence-electron chi connectivity index (χ3n) is 2.91. The van der Waals surface area contributed by atoms with Crippen LogP contribution in [0, 0.1) is 11.3 Å². The number of carboxylic acid groups (broad SMARTS) is 1. The normalized spacial score (nSPS) is 16.8. The first-order valence-electron chi connectivity index (χ1n) is 5.57. The van der Waals surface area contributed by atoms with Gasteiger partial charge in [0.25, 0.3) is 0 Å². The zero-order valence-corrected chi connectivity index (χ0v) is 8.98. The number of carbonyl (C=O) groups is 1. The molecule has 1 rings (SSSR count). The van der Waals surface area contributed by atoms with Gasteiger partial charge in [-0.15, -0.1) is 0 Å². The Labute approximate surface area is 90.5 Å². The second kappa shape index (κ2) is 6.41. The molecule has 0 atom stereocenters. The highest BCUT2D eigenvalue weighted by Gasteiger charge is 2.23. The highest BCUT2D eigenvalue weighted by molar-refractivity contribution is 5.69. The van der Waals surface area contributed by atoms with Crippen molar-refractivity contribution in [2.45, 2.75) is 44.6 Å². The third-order valence-corrected chi connectivity index (χ3v) is 2.91. The Kier molecular flexibility index (Phi) is 5.13. The fourth-order valence-corrected chi connectivity index (χ4v) is 2.20. The average molecular weight is 210 g/mol. The van der Waals surface area contributed by atoms with E-state index >= 15 is 0 Å². The molecule has 1 aliphatic carbocycles. The van der Waals surface area contributed by atoms with E-state index in [0.29, 0.717) is 12.5 Å². The van der Waals surface area contributed by atoms with E-state index in [0.717, 1.165) is 25.8 Å². The van der Waals surface area contributed by atoms with E-state index in [4.69, 9.17) is 10.4 Å². The van der Waals surface area contributed by atoms with E-state index in [9.17, 15) is 4.79 Å². The summed E-state index contributed by atoms with van der Waals surface area (Å²) in [5.74, 6) is -0.765. The first-order chi connectivity index (χ1) is 7.24. The minimum absolute atomic E-state index is 0.121. The van der Waals surface area contributed by atoms with Gasteiger partial charge in [-0.1, -0.05) is 12.8 Å². The number of carboxylic acids is 1. The molecule has 0 spiro atoms. The van der Waals surface area contributed by atoms with Crippen LogP contribution in [-0.4, -0.2) is 35.1 Å². The Bertz CT molecular complexity index is 241. The SMILES string of the molecule is N#CCCCN(CC(=O)O)C1CCCC1. The van der Waals surface area contributed by atoms with Crippen molar-refractivity contribution in [2.75, 3.05) is 13.1 Å². The van der Waals surface area contributed by atoms with E-state index in [1.807, 2.05) is 4.90 Å². The van der Waals surface area contributed by atoms with Gasteiger partial charge in [0.1, 0.15) is 0 Å². The molecular weight excluding hydrogens is 192 g/mol. The van der Waals surface area contributed by atoms with Gasteiger partial charge in [-0.3, -0.25) is 9.69 Å². The maximum absolute atomic E-state index is 10.7. The zero-order chi connectivity index (χ0) is 11.1. The van der Waals surface area contributed by atoms with Gasteiger partial charge >= 0.3 is 5.97 Å².